The molecule has 0 bridgehead atoms. The van der Waals surface area contributed by atoms with Gasteiger partial charge in [0.1, 0.15) is 18.4 Å². The number of H-pyrrole nitrogens is 1. The third kappa shape index (κ3) is 2.07. The van der Waals surface area contributed by atoms with Crippen molar-refractivity contribution in [3.8, 4) is 17.2 Å². The van der Waals surface area contributed by atoms with Gasteiger partial charge in [-0.15, -0.1) is 0 Å². The number of carbonyl (C=O) groups is 1. The molecule has 1 saturated heterocycles. The monoisotopic (exact) mass is 378 g/mol. The Bertz CT molecular complexity index is 1120. The Morgan fingerprint density at radius 2 is 2.00 bits per heavy atom. The van der Waals surface area contributed by atoms with Crippen molar-refractivity contribution >= 4 is 17.0 Å². The van der Waals surface area contributed by atoms with Crippen LogP contribution >= 0.6 is 0 Å². The lowest BCUT2D eigenvalue weighted by Crippen LogP contribution is -2.42. The van der Waals surface area contributed by atoms with Gasteiger partial charge in [-0.25, -0.2) is 4.79 Å². The van der Waals surface area contributed by atoms with Crippen LogP contribution in [0.5, 0.6) is 17.2 Å². The molecule has 7 heteroatoms. The molecule has 0 aliphatic carbocycles. The van der Waals surface area contributed by atoms with Crippen molar-refractivity contribution in [2.45, 2.75) is 18.5 Å². The standard InChI is InChI=1S/C21H18N2O5/c1-25-13-3-4-16-14(8-13)15-7-12-9-26-21(24)23(12)20(19(15)22-16)11-2-5-17-18(6-11)28-10-27-17/h2-6,8,12,20,22H,7,9-10H2,1H3/t12?,20-/m0/s1. The maximum atomic E-state index is 12.6. The molecule has 2 aromatic carbocycles. The van der Waals surface area contributed by atoms with Gasteiger partial charge in [-0.1, -0.05) is 6.07 Å². The lowest BCUT2D eigenvalue weighted by Gasteiger charge is -2.35. The highest BCUT2D eigenvalue weighted by Gasteiger charge is 2.45. The first-order chi connectivity index (χ1) is 13.7. The van der Waals surface area contributed by atoms with Crippen LogP contribution in [0.2, 0.25) is 0 Å². The molecule has 1 aromatic heterocycles. The van der Waals surface area contributed by atoms with E-state index in [4.69, 9.17) is 18.9 Å². The smallest absolute Gasteiger partial charge is 0.411 e. The zero-order valence-electron chi connectivity index (χ0n) is 15.2. The summed E-state index contributed by atoms with van der Waals surface area (Å²) >= 11 is 0. The Morgan fingerprint density at radius 1 is 1.11 bits per heavy atom. The second-order valence-electron chi connectivity index (χ2n) is 7.29. The molecule has 142 valence electrons. The summed E-state index contributed by atoms with van der Waals surface area (Å²) in [5.41, 5.74) is 4.21. The number of ether oxygens (including phenoxy) is 4. The summed E-state index contributed by atoms with van der Waals surface area (Å²) < 4.78 is 21.8. The second kappa shape index (κ2) is 5.58. The molecular formula is C21H18N2O5. The van der Waals surface area contributed by atoms with E-state index in [0.717, 1.165) is 40.1 Å². The van der Waals surface area contributed by atoms with Gasteiger partial charge in [-0.2, -0.15) is 0 Å². The summed E-state index contributed by atoms with van der Waals surface area (Å²) in [6, 6.07) is 11.6. The molecular weight excluding hydrogens is 360 g/mol. The molecule has 3 aliphatic rings. The number of benzene rings is 2. The fourth-order valence-electron chi connectivity index (χ4n) is 4.56. The number of amides is 1. The number of cyclic esters (lactones) is 1. The zero-order chi connectivity index (χ0) is 18.8. The van der Waals surface area contributed by atoms with Crippen molar-refractivity contribution < 1.29 is 23.7 Å². The van der Waals surface area contributed by atoms with Crippen molar-refractivity contribution in [2.75, 3.05) is 20.5 Å². The van der Waals surface area contributed by atoms with Crippen molar-refractivity contribution in [2.24, 2.45) is 0 Å². The van der Waals surface area contributed by atoms with Crippen molar-refractivity contribution in [3.63, 3.8) is 0 Å². The molecule has 1 fully saturated rings. The largest absolute Gasteiger partial charge is 0.497 e. The van der Waals surface area contributed by atoms with Gasteiger partial charge in [0, 0.05) is 16.6 Å². The lowest BCUT2D eigenvalue weighted by molar-refractivity contribution is 0.147. The molecule has 1 amide bonds. The summed E-state index contributed by atoms with van der Waals surface area (Å²) in [7, 11) is 1.67. The average Bonchev–Trinajstić information content (AvgIpc) is 3.42. The van der Waals surface area contributed by atoms with Gasteiger partial charge >= 0.3 is 6.09 Å². The highest BCUT2D eigenvalue weighted by Crippen LogP contribution is 2.45. The van der Waals surface area contributed by atoms with Crippen LogP contribution in [-0.2, 0) is 11.2 Å². The van der Waals surface area contributed by atoms with Crippen LogP contribution in [0.3, 0.4) is 0 Å². The summed E-state index contributed by atoms with van der Waals surface area (Å²) in [5.74, 6) is 2.24. The predicted molar refractivity (Wildman–Crippen MR) is 99.9 cm³/mol. The minimum Gasteiger partial charge on any atom is -0.497 e. The number of hydrogen-bond acceptors (Lipinski definition) is 5. The molecule has 28 heavy (non-hydrogen) atoms. The second-order valence-corrected chi connectivity index (χ2v) is 7.29. The first kappa shape index (κ1) is 15.7. The Hall–Kier alpha value is -3.35. The summed E-state index contributed by atoms with van der Waals surface area (Å²) in [6.07, 6.45) is 0.463. The SMILES string of the molecule is COc1ccc2[nH]c3c(c2c1)CC1COC(=O)N1[C@H]3c1ccc2c(c1)OCO2. The van der Waals surface area contributed by atoms with Crippen LogP contribution in [0.25, 0.3) is 10.9 Å². The molecule has 2 atom stereocenters. The van der Waals surface area contributed by atoms with E-state index in [2.05, 4.69) is 11.1 Å². The fourth-order valence-corrected chi connectivity index (χ4v) is 4.56. The van der Waals surface area contributed by atoms with E-state index in [1.165, 1.54) is 5.56 Å². The number of hydrogen-bond donors (Lipinski definition) is 1. The van der Waals surface area contributed by atoms with Gasteiger partial charge in [0.15, 0.2) is 11.5 Å². The third-order valence-electron chi connectivity index (χ3n) is 5.85. The van der Waals surface area contributed by atoms with Crippen LogP contribution in [0, 0.1) is 0 Å². The van der Waals surface area contributed by atoms with Gasteiger partial charge in [0.05, 0.1) is 13.2 Å². The summed E-state index contributed by atoms with van der Waals surface area (Å²) in [4.78, 5) is 17.9. The van der Waals surface area contributed by atoms with E-state index in [9.17, 15) is 4.79 Å². The molecule has 4 heterocycles. The van der Waals surface area contributed by atoms with Crippen molar-refractivity contribution in [1.29, 1.82) is 0 Å². The highest BCUT2D eigenvalue weighted by molar-refractivity contribution is 5.87. The average molecular weight is 378 g/mol. The molecule has 3 aromatic rings. The maximum absolute atomic E-state index is 12.6. The van der Waals surface area contributed by atoms with Crippen LogP contribution in [0.1, 0.15) is 22.9 Å². The molecule has 6 rings (SSSR count). The van der Waals surface area contributed by atoms with Gasteiger partial charge in [0.25, 0.3) is 0 Å². The molecule has 1 unspecified atom stereocenters. The molecule has 0 radical (unpaired) electrons. The Balaban J connectivity index is 1.57. The fraction of sp³-hybridized carbons (Fsp3) is 0.286. The van der Waals surface area contributed by atoms with E-state index in [1.807, 2.05) is 35.2 Å². The highest BCUT2D eigenvalue weighted by atomic mass is 16.7. The first-order valence-corrected chi connectivity index (χ1v) is 9.26. The Kier molecular flexibility index (Phi) is 3.12. The first-order valence-electron chi connectivity index (χ1n) is 9.26. The Morgan fingerprint density at radius 3 is 2.89 bits per heavy atom. The minimum atomic E-state index is -0.283. The maximum Gasteiger partial charge on any atom is 0.411 e. The van der Waals surface area contributed by atoms with Crippen molar-refractivity contribution in [1.82, 2.24) is 9.88 Å². The lowest BCUT2D eigenvalue weighted by atomic mass is 9.89. The molecule has 0 spiro atoms. The number of aromatic nitrogens is 1. The molecule has 7 nitrogen and oxygen atoms in total. The summed E-state index contributed by atoms with van der Waals surface area (Å²) in [6.45, 7) is 0.616. The van der Waals surface area contributed by atoms with Crippen LogP contribution in [-0.4, -0.2) is 42.5 Å². The number of nitrogens with zero attached hydrogens (tertiary/aromatic N) is 1. The van der Waals surface area contributed by atoms with Crippen LogP contribution in [0.4, 0.5) is 4.79 Å². The van der Waals surface area contributed by atoms with Crippen molar-refractivity contribution in [3.05, 3.63) is 53.2 Å². The predicted octanol–water partition coefficient (Wildman–Crippen LogP) is 3.37. The van der Waals surface area contributed by atoms with Crippen LogP contribution < -0.4 is 14.2 Å². The molecule has 0 saturated carbocycles. The number of methoxy groups -OCH3 is 1. The van der Waals surface area contributed by atoms with Gasteiger partial charge in [-0.3, -0.25) is 4.90 Å². The van der Waals surface area contributed by atoms with Crippen LogP contribution in [0.15, 0.2) is 36.4 Å². The summed E-state index contributed by atoms with van der Waals surface area (Å²) in [5, 5.41) is 1.12. The van der Waals surface area contributed by atoms with Gasteiger partial charge in [0.2, 0.25) is 6.79 Å². The topological polar surface area (TPSA) is 73.0 Å². The number of fused-ring (bicyclic) bond motifs is 5. The number of rotatable bonds is 2. The molecule has 1 N–H and O–H groups in total. The quantitative estimate of drug-likeness (QED) is 0.740. The minimum absolute atomic E-state index is 0.000578. The number of carbonyl (C=O) groups excluding carboxylic acids is 1. The van der Waals surface area contributed by atoms with E-state index >= 15 is 0 Å². The van der Waals surface area contributed by atoms with Gasteiger partial charge < -0.3 is 23.9 Å². The Labute approximate surface area is 160 Å². The van der Waals surface area contributed by atoms with Gasteiger partial charge in [-0.05, 0) is 47.9 Å². The van der Waals surface area contributed by atoms with E-state index in [1.54, 1.807) is 7.11 Å². The van der Waals surface area contributed by atoms with E-state index in [-0.39, 0.29) is 25.0 Å². The number of aromatic amines is 1. The normalized spacial score (nSPS) is 22.2. The van der Waals surface area contributed by atoms with E-state index in [0.29, 0.717) is 12.4 Å². The molecule has 3 aliphatic heterocycles. The van der Waals surface area contributed by atoms with E-state index < -0.39 is 0 Å². The zero-order valence-corrected chi connectivity index (χ0v) is 15.2. The number of nitrogens with one attached hydrogen (secondary N) is 1. The third-order valence-corrected chi connectivity index (χ3v) is 5.85.